The molecule has 2 N–H and O–H groups in total. The van der Waals surface area contributed by atoms with Crippen LogP contribution in [0.4, 0.5) is 0 Å². The Balaban J connectivity index is 1.44. The summed E-state index contributed by atoms with van der Waals surface area (Å²) in [5, 5.41) is 10.9. The number of rotatable bonds is 6. The lowest BCUT2D eigenvalue weighted by Crippen LogP contribution is -2.24. The molecule has 1 aliphatic rings. The molecule has 0 saturated carbocycles. The number of H-pyrrole nitrogens is 1. The fraction of sp³-hybridized carbons (Fsp3) is 0.130. The van der Waals surface area contributed by atoms with Gasteiger partial charge in [0.1, 0.15) is 5.75 Å². The number of nitrogens with one attached hydrogen (secondary N) is 2. The van der Waals surface area contributed by atoms with Gasteiger partial charge in [0, 0.05) is 12.4 Å². The third-order valence-electron chi connectivity index (χ3n) is 5.04. The van der Waals surface area contributed by atoms with Gasteiger partial charge >= 0.3 is 0 Å². The van der Waals surface area contributed by atoms with E-state index in [9.17, 15) is 4.79 Å². The molecule has 3 heterocycles. The molecule has 0 aliphatic carbocycles. The van der Waals surface area contributed by atoms with Crippen LogP contribution in [0, 0.1) is 0 Å². The molecule has 2 aromatic heterocycles. The molecule has 160 valence electrons. The Labute approximate surface area is 183 Å². The highest BCUT2D eigenvalue weighted by atomic mass is 16.7. The highest BCUT2D eigenvalue weighted by molar-refractivity contribution is 6.05. The quantitative estimate of drug-likeness (QED) is 0.484. The first-order chi connectivity index (χ1) is 15.7. The van der Waals surface area contributed by atoms with Gasteiger partial charge in [-0.3, -0.25) is 19.9 Å². The number of ether oxygens (including phenoxy) is 3. The second-order valence-corrected chi connectivity index (χ2v) is 7.00. The van der Waals surface area contributed by atoms with Crippen molar-refractivity contribution in [1.82, 2.24) is 25.5 Å². The predicted molar refractivity (Wildman–Crippen MR) is 117 cm³/mol. The van der Waals surface area contributed by atoms with E-state index in [2.05, 4.69) is 25.5 Å². The van der Waals surface area contributed by atoms with E-state index in [4.69, 9.17) is 14.2 Å². The zero-order valence-corrected chi connectivity index (χ0v) is 17.2. The fourth-order valence-corrected chi connectivity index (χ4v) is 3.50. The lowest BCUT2D eigenvalue weighted by molar-refractivity contribution is 0.0947. The maximum absolute atomic E-state index is 12.8. The van der Waals surface area contributed by atoms with Crippen LogP contribution < -0.4 is 19.5 Å². The second kappa shape index (κ2) is 8.38. The Kier molecular flexibility index (Phi) is 5.12. The number of aromatic amines is 1. The van der Waals surface area contributed by atoms with E-state index in [-0.39, 0.29) is 19.2 Å². The molecule has 2 aromatic carbocycles. The van der Waals surface area contributed by atoms with Crippen molar-refractivity contribution in [2.45, 2.75) is 6.54 Å². The molecular formula is C23H19N5O4. The monoisotopic (exact) mass is 429 g/mol. The number of hydrogen-bond acceptors (Lipinski definition) is 7. The Morgan fingerprint density at radius 1 is 1.19 bits per heavy atom. The van der Waals surface area contributed by atoms with E-state index in [1.807, 2.05) is 30.4 Å². The van der Waals surface area contributed by atoms with Crippen molar-refractivity contribution in [3.63, 3.8) is 0 Å². The molecule has 0 bridgehead atoms. The number of hydrogen-bond donors (Lipinski definition) is 2. The Bertz CT molecular complexity index is 1320. The minimum atomic E-state index is -0.277. The lowest BCUT2D eigenvalue weighted by atomic mass is 10.1. The minimum absolute atomic E-state index is 0.229. The van der Waals surface area contributed by atoms with Crippen LogP contribution in [0.2, 0.25) is 0 Å². The summed E-state index contributed by atoms with van der Waals surface area (Å²) in [5.74, 6) is 1.61. The first-order valence-electron chi connectivity index (χ1n) is 9.89. The zero-order valence-electron chi connectivity index (χ0n) is 17.2. The molecule has 0 spiro atoms. The highest BCUT2D eigenvalue weighted by Gasteiger charge is 2.19. The van der Waals surface area contributed by atoms with Crippen LogP contribution in [-0.2, 0) is 6.54 Å². The summed E-state index contributed by atoms with van der Waals surface area (Å²) in [6, 6.07) is 9.18. The number of amides is 1. The van der Waals surface area contributed by atoms with Gasteiger partial charge in [-0.05, 0) is 35.9 Å². The van der Waals surface area contributed by atoms with Crippen LogP contribution in [0.15, 0.2) is 48.9 Å². The predicted octanol–water partition coefficient (Wildman–Crippen LogP) is 3.19. The Morgan fingerprint density at radius 3 is 2.94 bits per heavy atom. The summed E-state index contributed by atoms with van der Waals surface area (Å²) in [5.41, 5.74) is 3.42. The van der Waals surface area contributed by atoms with Crippen LogP contribution in [0.25, 0.3) is 23.1 Å². The van der Waals surface area contributed by atoms with Crippen LogP contribution in [0.3, 0.4) is 0 Å². The van der Waals surface area contributed by atoms with E-state index >= 15 is 0 Å². The molecular weight excluding hydrogens is 410 g/mol. The number of aromatic nitrogens is 4. The minimum Gasteiger partial charge on any atom is -0.495 e. The third kappa shape index (κ3) is 3.71. The van der Waals surface area contributed by atoms with Crippen molar-refractivity contribution in [2.75, 3.05) is 13.9 Å². The molecule has 0 atom stereocenters. The Morgan fingerprint density at radius 2 is 2.09 bits per heavy atom. The summed E-state index contributed by atoms with van der Waals surface area (Å²) in [6.45, 7) is 0.489. The largest absolute Gasteiger partial charge is 0.495 e. The van der Waals surface area contributed by atoms with E-state index in [1.54, 1.807) is 30.7 Å². The number of carbonyl (C=O) groups excluding carboxylic acids is 1. The van der Waals surface area contributed by atoms with Gasteiger partial charge in [0.2, 0.25) is 6.79 Å². The average Bonchev–Trinajstić information content (AvgIpc) is 3.47. The first kappa shape index (κ1) is 19.6. The van der Waals surface area contributed by atoms with Crippen molar-refractivity contribution in [1.29, 1.82) is 0 Å². The number of nitrogens with zero attached hydrogens (tertiary/aromatic N) is 3. The normalized spacial score (nSPS) is 12.4. The van der Waals surface area contributed by atoms with Gasteiger partial charge < -0.3 is 19.5 Å². The molecule has 0 radical (unpaired) electrons. The van der Waals surface area contributed by atoms with Gasteiger partial charge in [-0.1, -0.05) is 12.1 Å². The summed E-state index contributed by atoms with van der Waals surface area (Å²) >= 11 is 0. The fourth-order valence-electron chi connectivity index (χ4n) is 3.50. The van der Waals surface area contributed by atoms with E-state index in [0.717, 1.165) is 22.4 Å². The van der Waals surface area contributed by atoms with Crippen molar-refractivity contribution in [2.24, 2.45) is 0 Å². The molecule has 4 aromatic rings. The van der Waals surface area contributed by atoms with Crippen molar-refractivity contribution < 1.29 is 19.0 Å². The standard InChI is InChI=1S/C23H19N5O4/c1-30-22-16(23(29)26-12-15-11-24-8-9-25-15)4-6-18-21(22)17(27-28-18)5-2-14-3-7-19-20(10-14)32-13-31-19/h2-11H,12-13H2,1H3,(H,26,29)(H,27,28)/b5-2+. The zero-order chi connectivity index (χ0) is 21.9. The third-order valence-corrected chi connectivity index (χ3v) is 5.04. The molecule has 9 heteroatoms. The molecule has 32 heavy (non-hydrogen) atoms. The Hall–Kier alpha value is -4.40. The van der Waals surface area contributed by atoms with Gasteiger partial charge in [-0.25, -0.2) is 0 Å². The van der Waals surface area contributed by atoms with Crippen molar-refractivity contribution in [3.05, 3.63) is 71.4 Å². The van der Waals surface area contributed by atoms with E-state index in [0.29, 0.717) is 28.3 Å². The van der Waals surface area contributed by atoms with Gasteiger partial charge in [-0.15, -0.1) is 0 Å². The van der Waals surface area contributed by atoms with Crippen molar-refractivity contribution >= 4 is 29.0 Å². The van der Waals surface area contributed by atoms with Crippen LogP contribution >= 0.6 is 0 Å². The number of methoxy groups -OCH3 is 1. The molecule has 1 aliphatic heterocycles. The number of benzene rings is 2. The molecule has 1 amide bonds. The summed E-state index contributed by atoms with van der Waals surface area (Å²) in [6.07, 6.45) is 8.58. The van der Waals surface area contributed by atoms with Gasteiger partial charge in [0.15, 0.2) is 11.5 Å². The summed E-state index contributed by atoms with van der Waals surface area (Å²) in [4.78, 5) is 21.0. The molecule has 0 unspecified atom stereocenters. The second-order valence-electron chi connectivity index (χ2n) is 7.00. The highest BCUT2D eigenvalue weighted by Crippen LogP contribution is 2.34. The SMILES string of the molecule is COc1c(C(=O)NCc2cnccn2)ccc2n[nH]c(/C=C/c3ccc4c(c3)OCO4)c12. The molecule has 5 rings (SSSR count). The molecule has 0 fully saturated rings. The van der Waals surface area contributed by atoms with Crippen LogP contribution in [-0.4, -0.2) is 40.0 Å². The topological polar surface area (TPSA) is 111 Å². The molecule has 9 nitrogen and oxygen atoms in total. The lowest BCUT2D eigenvalue weighted by Gasteiger charge is -2.10. The van der Waals surface area contributed by atoms with Gasteiger partial charge in [0.25, 0.3) is 5.91 Å². The molecule has 0 saturated heterocycles. The van der Waals surface area contributed by atoms with Crippen LogP contribution in [0.5, 0.6) is 17.2 Å². The summed E-state index contributed by atoms with van der Waals surface area (Å²) < 4.78 is 16.4. The smallest absolute Gasteiger partial charge is 0.255 e. The average molecular weight is 429 g/mol. The maximum atomic E-state index is 12.8. The van der Waals surface area contributed by atoms with Crippen LogP contribution in [0.1, 0.15) is 27.3 Å². The van der Waals surface area contributed by atoms with E-state index in [1.165, 1.54) is 7.11 Å². The number of carbonyl (C=O) groups is 1. The van der Waals surface area contributed by atoms with Gasteiger partial charge in [-0.2, -0.15) is 5.10 Å². The van der Waals surface area contributed by atoms with E-state index < -0.39 is 0 Å². The summed E-state index contributed by atoms with van der Waals surface area (Å²) in [7, 11) is 1.53. The van der Waals surface area contributed by atoms with Crippen molar-refractivity contribution in [3.8, 4) is 17.2 Å². The maximum Gasteiger partial charge on any atom is 0.255 e. The van der Waals surface area contributed by atoms with Gasteiger partial charge in [0.05, 0.1) is 47.7 Å². The number of fused-ring (bicyclic) bond motifs is 2. The first-order valence-corrected chi connectivity index (χ1v) is 9.89.